The van der Waals surface area contributed by atoms with E-state index in [4.69, 9.17) is 9.15 Å². The number of hydrogen-bond donors (Lipinski definition) is 0. The summed E-state index contributed by atoms with van der Waals surface area (Å²) in [6.07, 6.45) is 0. The molecular formula is C20H14O2. The zero-order valence-electron chi connectivity index (χ0n) is 11.9. The second-order valence-electron chi connectivity index (χ2n) is 5.10. The Balaban J connectivity index is 1.61. The molecule has 1 heterocycles. The molecule has 0 unspecified atom stereocenters. The monoisotopic (exact) mass is 286 g/mol. The first-order chi connectivity index (χ1) is 10.9. The van der Waals surface area contributed by atoms with E-state index in [1.54, 1.807) is 0 Å². The van der Waals surface area contributed by atoms with Crippen molar-refractivity contribution in [2.24, 2.45) is 0 Å². The lowest BCUT2D eigenvalue weighted by Crippen LogP contribution is -1.82. The van der Waals surface area contributed by atoms with Crippen molar-refractivity contribution in [1.82, 2.24) is 0 Å². The number of fused-ring (bicyclic) bond motifs is 1. The first kappa shape index (κ1) is 12.7. The third-order valence-corrected chi connectivity index (χ3v) is 3.58. The van der Waals surface area contributed by atoms with E-state index < -0.39 is 0 Å². The minimum Gasteiger partial charge on any atom is -0.426 e. The van der Waals surface area contributed by atoms with Gasteiger partial charge in [-0.2, -0.15) is 0 Å². The smallest absolute Gasteiger partial charge is 0.290 e. The first-order valence-corrected chi connectivity index (χ1v) is 7.20. The van der Waals surface area contributed by atoms with Gasteiger partial charge in [0.2, 0.25) is 0 Å². The van der Waals surface area contributed by atoms with Gasteiger partial charge in [-0.3, -0.25) is 0 Å². The summed E-state index contributed by atoms with van der Waals surface area (Å²) in [5.41, 5.74) is 1.04. The quantitative estimate of drug-likeness (QED) is 0.468. The van der Waals surface area contributed by atoms with E-state index in [1.807, 2.05) is 72.8 Å². The van der Waals surface area contributed by atoms with E-state index in [0.29, 0.717) is 5.95 Å². The van der Waals surface area contributed by atoms with Crippen molar-refractivity contribution in [2.75, 3.05) is 0 Å². The van der Waals surface area contributed by atoms with E-state index in [2.05, 4.69) is 12.1 Å². The van der Waals surface area contributed by atoms with Gasteiger partial charge < -0.3 is 9.15 Å². The Morgan fingerprint density at radius 2 is 1.41 bits per heavy atom. The largest absolute Gasteiger partial charge is 0.426 e. The molecule has 4 rings (SSSR count). The molecule has 2 heteroatoms. The highest BCUT2D eigenvalue weighted by molar-refractivity contribution is 5.83. The molecule has 0 N–H and O–H groups in total. The Labute approximate surface area is 128 Å². The minimum atomic E-state index is 0.495. The fourth-order valence-electron chi connectivity index (χ4n) is 2.48. The second-order valence-corrected chi connectivity index (χ2v) is 5.10. The molecule has 2 nitrogen and oxygen atoms in total. The van der Waals surface area contributed by atoms with E-state index in [0.717, 1.165) is 22.5 Å². The molecule has 22 heavy (non-hydrogen) atoms. The molecule has 0 saturated carbocycles. The summed E-state index contributed by atoms with van der Waals surface area (Å²) in [5.74, 6) is 2.07. The lowest BCUT2D eigenvalue weighted by molar-refractivity contribution is 0.352. The Morgan fingerprint density at radius 3 is 2.27 bits per heavy atom. The number of furan rings is 1. The third-order valence-electron chi connectivity index (χ3n) is 3.58. The second kappa shape index (κ2) is 5.41. The van der Waals surface area contributed by atoms with Crippen LogP contribution in [-0.4, -0.2) is 0 Å². The van der Waals surface area contributed by atoms with Gasteiger partial charge in [0.1, 0.15) is 11.5 Å². The van der Waals surface area contributed by atoms with Crippen molar-refractivity contribution < 1.29 is 9.15 Å². The summed E-state index contributed by atoms with van der Waals surface area (Å²) in [4.78, 5) is 0. The fourth-order valence-corrected chi connectivity index (χ4v) is 2.48. The molecule has 0 radical (unpaired) electrons. The van der Waals surface area contributed by atoms with Gasteiger partial charge in [0.05, 0.1) is 0 Å². The van der Waals surface area contributed by atoms with Crippen molar-refractivity contribution in [3.8, 4) is 23.0 Å². The maximum absolute atomic E-state index is 5.82. The highest BCUT2D eigenvalue weighted by Gasteiger charge is 2.06. The zero-order valence-corrected chi connectivity index (χ0v) is 11.9. The number of benzene rings is 3. The average molecular weight is 286 g/mol. The molecule has 4 aromatic rings. The molecular weight excluding hydrogens is 272 g/mol. The molecule has 0 aliphatic heterocycles. The van der Waals surface area contributed by atoms with Gasteiger partial charge in [-0.05, 0) is 29.0 Å². The van der Waals surface area contributed by atoms with Gasteiger partial charge in [-0.25, -0.2) is 0 Å². The zero-order chi connectivity index (χ0) is 14.8. The molecule has 0 fully saturated rings. The first-order valence-electron chi connectivity index (χ1n) is 7.20. The Bertz CT molecular complexity index is 907. The molecule has 0 saturated heterocycles. The molecule has 3 aromatic carbocycles. The summed E-state index contributed by atoms with van der Waals surface area (Å²) in [6.45, 7) is 0. The topological polar surface area (TPSA) is 22.4 Å². The van der Waals surface area contributed by atoms with Crippen LogP contribution in [0, 0.1) is 0 Å². The lowest BCUT2D eigenvalue weighted by Gasteiger charge is -2.04. The summed E-state index contributed by atoms with van der Waals surface area (Å²) >= 11 is 0. The maximum Gasteiger partial charge on any atom is 0.290 e. The fraction of sp³-hybridized carbons (Fsp3) is 0. The van der Waals surface area contributed by atoms with E-state index >= 15 is 0 Å². The van der Waals surface area contributed by atoms with Crippen molar-refractivity contribution in [3.05, 3.63) is 84.9 Å². The van der Waals surface area contributed by atoms with E-state index in [-0.39, 0.29) is 0 Å². The van der Waals surface area contributed by atoms with Crippen LogP contribution in [0.4, 0.5) is 0 Å². The van der Waals surface area contributed by atoms with Crippen LogP contribution in [0.5, 0.6) is 11.7 Å². The van der Waals surface area contributed by atoms with Crippen LogP contribution < -0.4 is 4.74 Å². The van der Waals surface area contributed by atoms with Gasteiger partial charge in [0.25, 0.3) is 5.95 Å². The van der Waals surface area contributed by atoms with Crippen LogP contribution in [0.25, 0.3) is 22.1 Å². The molecule has 0 aliphatic rings. The minimum absolute atomic E-state index is 0.495. The van der Waals surface area contributed by atoms with Crippen LogP contribution in [-0.2, 0) is 0 Å². The normalized spacial score (nSPS) is 10.7. The van der Waals surface area contributed by atoms with Gasteiger partial charge in [-0.1, -0.05) is 60.7 Å². The Kier molecular flexibility index (Phi) is 3.13. The van der Waals surface area contributed by atoms with Crippen LogP contribution in [0.2, 0.25) is 0 Å². The molecule has 0 aliphatic carbocycles. The summed E-state index contributed by atoms with van der Waals surface area (Å²) in [5, 5.41) is 2.34. The van der Waals surface area contributed by atoms with Crippen molar-refractivity contribution in [1.29, 1.82) is 0 Å². The van der Waals surface area contributed by atoms with Gasteiger partial charge in [0.15, 0.2) is 0 Å². The molecule has 0 atom stereocenters. The highest BCUT2D eigenvalue weighted by Crippen LogP contribution is 2.30. The molecule has 0 bridgehead atoms. The maximum atomic E-state index is 5.82. The summed E-state index contributed by atoms with van der Waals surface area (Å²) < 4.78 is 11.6. The SMILES string of the molecule is c1ccc(-c2ccc(Oc3ccc4ccccc4c3)o2)cc1. The lowest BCUT2D eigenvalue weighted by atomic mass is 10.1. The average Bonchev–Trinajstić information content (AvgIpc) is 3.04. The highest BCUT2D eigenvalue weighted by atomic mass is 16.6. The van der Waals surface area contributed by atoms with Crippen LogP contribution >= 0.6 is 0 Å². The van der Waals surface area contributed by atoms with Crippen LogP contribution in [0.3, 0.4) is 0 Å². The van der Waals surface area contributed by atoms with Crippen molar-refractivity contribution in [3.63, 3.8) is 0 Å². The standard InChI is InChI=1S/C20H14O2/c1-2-7-16(8-3-1)19-12-13-20(22-19)21-18-11-10-15-6-4-5-9-17(15)14-18/h1-14H. The van der Waals surface area contributed by atoms with Crippen LogP contribution in [0.15, 0.2) is 89.3 Å². The molecule has 0 amide bonds. The summed E-state index contributed by atoms with van der Waals surface area (Å²) in [7, 11) is 0. The Morgan fingerprint density at radius 1 is 0.636 bits per heavy atom. The molecule has 1 aromatic heterocycles. The van der Waals surface area contributed by atoms with Gasteiger partial charge in [0, 0.05) is 11.6 Å². The van der Waals surface area contributed by atoms with Gasteiger partial charge in [-0.15, -0.1) is 0 Å². The Hall–Kier alpha value is -3.00. The van der Waals surface area contributed by atoms with E-state index in [9.17, 15) is 0 Å². The predicted molar refractivity (Wildman–Crippen MR) is 88.2 cm³/mol. The summed E-state index contributed by atoms with van der Waals surface area (Å²) in [6, 6.07) is 28.0. The van der Waals surface area contributed by atoms with Crippen molar-refractivity contribution >= 4 is 10.8 Å². The number of ether oxygens (including phenoxy) is 1. The van der Waals surface area contributed by atoms with E-state index in [1.165, 1.54) is 5.39 Å². The predicted octanol–water partition coefficient (Wildman–Crippen LogP) is 5.89. The van der Waals surface area contributed by atoms with Crippen molar-refractivity contribution in [2.45, 2.75) is 0 Å². The molecule has 0 spiro atoms. The molecule has 106 valence electrons. The third kappa shape index (κ3) is 2.47. The van der Waals surface area contributed by atoms with Crippen LogP contribution in [0.1, 0.15) is 0 Å². The number of hydrogen-bond acceptors (Lipinski definition) is 2. The van der Waals surface area contributed by atoms with Gasteiger partial charge >= 0.3 is 0 Å². The number of rotatable bonds is 3.